The van der Waals surface area contributed by atoms with Gasteiger partial charge >= 0.3 is 5.97 Å². The summed E-state index contributed by atoms with van der Waals surface area (Å²) >= 11 is 0. The van der Waals surface area contributed by atoms with Gasteiger partial charge in [-0.25, -0.2) is 4.39 Å². The highest BCUT2D eigenvalue weighted by Gasteiger charge is 2.25. The number of rotatable bonds is 5. The van der Waals surface area contributed by atoms with Gasteiger partial charge in [-0.1, -0.05) is 6.92 Å². The third-order valence-electron chi connectivity index (χ3n) is 2.79. The van der Waals surface area contributed by atoms with Crippen LogP contribution in [0.5, 0.6) is 5.75 Å². The van der Waals surface area contributed by atoms with Gasteiger partial charge in [-0.2, -0.15) is 0 Å². The fourth-order valence-electron chi connectivity index (χ4n) is 1.61. The molecule has 3 nitrogen and oxygen atoms in total. The Bertz CT molecular complexity index is 427. The molecule has 1 fully saturated rings. The molecule has 0 heterocycles. The highest BCUT2D eigenvalue weighted by Crippen LogP contribution is 2.30. The first-order chi connectivity index (χ1) is 8.06. The molecule has 1 aliphatic carbocycles. The highest BCUT2D eigenvalue weighted by molar-refractivity contribution is 5.70. The normalized spacial score (nSPS) is 16.6. The molecule has 0 aromatic heterocycles. The maximum absolute atomic E-state index is 13.1. The summed E-state index contributed by atoms with van der Waals surface area (Å²) in [5.41, 5.74) is 0.631. The third kappa shape index (κ3) is 3.19. The molecule has 0 radical (unpaired) electrons. The molecular formula is C13H15FO3. The number of carboxylic acids is 1. The second kappa shape index (κ2) is 4.73. The molecule has 0 aliphatic heterocycles. The summed E-state index contributed by atoms with van der Waals surface area (Å²) in [5.74, 6) is -1.17. The van der Waals surface area contributed by atoms with Crippen molar-refractivity contribution in [2.24, 2.45) is 5.92 Å². The van der Waals surface area contributed by atoms with Gasteiger partial charge in [-0.15, -0.1) is 0 Å². The smallest absolute Gasteiger partial charge is 0.306 e. The number of benzene rings is 1. The number of hydrogen-bond donors (Lipinski definition) is 1. The Kier molecular flexibility index (Phi) is 3.31. The SMILES string of the molecule is CC(Cc1cc(F)ccc1OC1CC1)C(=O)O. The molecule has 1 N–H and O–H groups in total. The van der Waals surface area contributed by atoms with E-state index in [1.807, 2.05) is 0 Å². The molecule has 0 saturated heterocycles. The lowest BCUT2D eigenvalue weighted by atomic mass is 10.0. The zero-order chi connectivity index (χ0) is 12.4. The lowest BCUT2D eigenvalue weighted by Crippen LogP contribution is -2.13. The Morgan fingerprint density at radius 2 is 2.29 bits per heavy atom. The number of halogens is 1. The van der Waals surface area contributed by atoms with E-state index in [9.17, 15) is 9.18 Å². The van der Waals surface area contributed by atoms with Gasteiger partial charge in [-0.3, -0.25) is 4.79 Å². The molecule has 0 spiro atoms. The lowest BCUT2D eigenvalue weighted by Gasteiger charge is -2.13. The van der Waals surface area contributed by atoms with Crippen molar-refractivity contribution in [2.45, 2.75) is 32.3 Å². The fourth-order valence-corrected chi connectivity index (χ4v) is 1.61. The minimum atomic E-state index is -0.883. The van der Waals surface area contributed by atoms with Gasteiger partial charge in [0.1, 0.15) is 11.6 Å². The van der Waals surface area contributed by atoms with E-state index in [1.54, 1.807) is 13.0 Å². The summed E-state index contributed by atoms with van der Waals surface area (Å²) < 4.78 is 18.8. The Morgan fingerprint density at radius 3 is 2.88 bits per heavy atom. The van der Waals surface area contributed by atoms with Gasteiger partial charge in [0.15, 0.2) is 0 Å². The highest BCUT2D eigenvalue weighted by atomic mass is 19.1. The van der Waals surface area contributed by atoms with E-state index in [4.69, 9.17) is 9.84 Å². The Balaban J connectivity index is 2.16. The first kappa shape index (κ1) is 11.9. The first-order valence-corrected chi connectivity index (χ1v) is 5.74. The van der Waals surface area contributed by atoms with Gasteiger partial charge in [-0.05, 0) is 43.0 Å². The number of carbonyl (C=O) groups is 1. The maximum Gasteiger partial charge on any atom is 0.306 e. The summed E-state index contributed by atoms with van der Waals surface area (Å²) in [4.78, 5) is 10.8. The van der Waals surface area contributed by atoms with Crippen molar-refractivity contribution in [3.05, 3.63) is 29.6 Å². The minimum Gasteiger partial charge on any atom is -0.490 e. The zero-order valence-electron chi connectivity index (χ0n) is 9.65. The van der Waals surface area contributed by atoms with Gasteiger partial charge in [0.25, 0.3) is 0 Å². The Hall–Kier alpha value is -1.58. The van der Waals surface area contributed by atoms with Crippen LogP contribution in [0.2, 0.25) is 0 Å². The minimum absolute atomic E-state index is 0.222. The van der Waals surface area contributed by atoms with Gasteiger partial charge in [0, 0.05) is 0 Å². The maximum atomic E-state index is 13.1. The van der Waals surface area contributed by atoms with Gasteiger partial charge in [0.05, 0.1) is 12.0 Å². The van der Waals surface area contributed by atoms with Crippen LogP contribution in [-0.2, 0) is 11.2 Å². The van der Waals surface area contributed by atoms with Crippen molar-refractivity contribution in [3.8, 4) is 5.75 Å². The van der Waals surface area contributed by atoms with Crippen molar-refractivity contribution in [3.63, 3.8) is 0 Å². The molecule has 1 unspecified atom stereocenters. The fraction of sp³-hybridized carbons (Fsp3) is 0.462. The molecule has 1 saturated carbocycles. The molecular weight excluding hydrogens is 223 g/mol. The Morgan fingerprint density at radius 1 is 1.59 bits per heavy atom. The van der Waals surface area contributed by atoms with Crippen molar-refractivity contribution >= 4 is 5.97 Å². The second-order valence-electron chi connectivity index (χ2n) is 4.51. The molecule has 17 heavy (non-hydrogen) atoms. The van der Waals surface area contributed by atoms with Crippen LogP contribution in [0.25, 0.3) is 0 Å². The average Bonchev–Trinajstić information content (AvgIpc) is 3.05. The van der Waals surface area contributed by atoms with Crippen molar-refractivity contribution in [2.75, 3.05) is 0 Å². The molecule has 1 atom stereocenters. The number of ether oxygens (including phenoxy) is 1. The van der Waals surface area contributed by atoms with E-state index < -0.39 is 11.9 Å². The average molecular weight is 238 g/mol. The predicted octanol–water partition coefficient (Wildman–Crippen LogP) is 2.63. The standard InChI is InChI=1S/C13H15FO3/c1-8(13(15)16)6-9-7-10(14)2-5-12(9)17-11-3-4-11/h2,5,7-8,11H,3-4,6H2,1H3,(H,15,16). The van der Waals surface area contributed by atoms with Crippen LogP contribution in [0.1, 0.15) is 25.3 Å². The van der Waals surface area contributed by atoms with Gasteiger partial charge < -0.3 is 9.84 Å². The molecule has 1 aromatic carbocycles. The van der Waals surface area contributed by atoms with Crippen molar-refractivity contribution < 1.29 is 19.0 Å². The second-order valence-corrected chi connectivity index (χ2v) is 4.51. The number of hydrogen-bond acceptors (Lipinski definition) is 2. The largest absolute Gasteiger partial charge is 0.490 e. The molecule has 92 valence electrons. The Labute approximate surface area is 99.2 Å². The zero-order valence-corrected chi connectivity index (χ0v) is 9.65. The van der Waals surface area contributed by atoms with E-state index in [1.165, 1.54) is 12.1 Å². The van der Waals surface area contributed by atoms with Crippen molar-refractivity contribution in [1.82, 2.24) is 0 Å². The molecule has 4 heteroatoms. The molecule has 2 rings (SSSR count). The van der Waals surface area contributed by atoms with E-state index >= 15 is 0 Å². The lowest BCUT2D eigenvalue weighted by molar-refractivity contribution is -0.141. The van der Waals surface area contributed by atoms with Crippen LogP contribution >= 0.6 is 0 Å². The van der Waals surface area contributed by atoms with Crippen LogP contribution in [0.4, 0.5) is 4.39 Å². The van der Waals surface area contributed by atoms with E-state index in [-0.39, 0.29) is 18.3 Å². The predicted molar refractivity (Wildman–Crippen MR) is 60.6 cm³/mol. The number of carboxylic acid groups (broad SMARTS) is 1. The summed E-state index contributed by atoms with van der Waals surface area (Å²) in [7, 11) is 0. The summed E-state index contributed by atoms with van der Waals surface area (Å²) in [6, 6.07) is 4.28. The monoisotopic (exact) mass is 238 g/mol. The molecule has 0 amide bonds. The molecule has 1 aliphatic rings. The summed E-state index contributed by atoms with van der Waals surface area (Å²) in [6.07, 6.45) is 2.55. The van der Waals surface area contributed by atoms with Crippen LogP contribution < -0.4 is 4.74 Å². The van der Waals surface area contributed by atoms with Crippen LogP contribution in [0.3, 0.4) is 0 Å². The van der Waals surface area contributed by atoms with Crippen molar-refractivity contribution in [1.29, 1.82) is 0 Å². The quantitative estimate of drug-likeness (QED) is 0.857. The van der Waals surface area contributed by atoms with E-state index in [2.05, 4.69) is 0 Å². The van der Waals surface area contributed by atoms with Crippen LogP contribution in [0, 0.1) is 11.7 Å². The van der Waals surface area contributed by atoms with Crippen LogP contribution in [0.15, 0.2) is 18.2 Å². The van der Waals surface area contributed by atoms with E-state index in [0.717, 1.165) is 12.8 Å². The number of aliphatic carboxylic acids is 1. The van der Waals surface area contributed by atoms with E-state index in [0.29, 0.717) is 11.3 Å². The summed E-state index contributed by atoms with van der Waals surface area (Å²) in [6.45, 7) is 1.61. The molecule has 0 bridgehead atoms. The topological polar surface area (TPSA) is 46.5 Å². The van der Waals surface area contributed by atoms with Crippen LogP contribution in [-0.4, -0.2) is 17.2 Å². The third-order valence-corrected chi connectivity index (χ3v) is 2.79. The molecule has 1 aromatic rings. The van der Waals surface area contributed by atoms with Gasteiger partial charge in [0.2, 0.25) is 0 Å². The first-order valence-electron chi connectivity index (χ1n) is 5.74. The summed E-state index contributed by atoms with van der Waals surface area (Å²) in [5, 5.41) is 8.86.